The van der Waals surface area contributed by atoms with Gasteiger partial charge in [0.15, 0.2) is 5.17 Å². The van der Waals surface area contributed by atoms with Crippen LogP contribution in [0.25, 0.3) is 0 Å². The molecule has 2 aliphatic rings. The van der Waals surface area contributed by atoms with Crippen molar-refractivity contribution < 1.29 is 27.6 Å². The van der Waals surface area contributed by atoms with Crippen LogP contribution >= 0.6 is 11.8 Å². The molecule has 0 saturated heterocycles. The zero-order valence-corrected chi connectivity index (χ0v) is 16.4. The van der Waals surface area contributed by atoms with E-state index in [2.05, 4.69) is 14.7 Å². The Morgan fingerprint density at radius 3 is 2.52 bits per heavy atom. The molecule has 1 atom stereocenters. The number of carbonyl (C=O) groups is 1. The van der Waals surface area contributed by atoms with Gasteiger partial charge in [-0.15, -0.1) is 0 Å². The number of alkyl halides is 3. The molecule has 0 amide bonds. The second-order valence-corrected chi connectivity index (χ2v) is 7.00. The number of halogens is 3. The van der Waals surface area contributed by atoms with Crippen LogP contribution in [0, 0.1) is 10.1 Å². The minimum atomic E-state index is -5.15. The first-order valence-corrected chi connectivity index (χ1v) is 9.27. The normalized spacial score (nSPS) is 20.4. The molecule has 0 bridgehead atoms. The van der Waals surface area contributed by atoms with Crippen molar-refractivity contribution in [3.05, 3.63) is 28.3 Å². The number of carbonyl (C=O) groups excluding carboxylic acids is 1. The van der Waals surface area contributed by atoms with E-state index in [0.717, 1.165) is 18.9 Å². The Balaban J connectivity index is 2.25. The summed E-state index contributed by atoms with van der Waals surface area (Å²) in [5, 5.41) is 10.9. The molecule has 2 heterocycles. The summed E-state index contributed by atoms with van der Waals surface area (Å²) in [6, 6.07) is 3.91. The quantitative estimate of drug-likeness (QED) is 0.410. The predicted octanol–water partition coefficient (Wildman–Crippen LogP) is 3.01. The summed E-state index contributed by atoms with van der Waals surface area (Å²) in [4.78, 5) is 33.2. The number of rotatable bonds is 4. The molecule has 0 spiro atoms. The first-order valence-electron chi connectivity index (χ1n) is 8.45. The zero-order chi connectivity index (χ0) is 21.6. The summed E-state index contributed by atoms with van der Waals surface area (Å²) >= 11 is 0.796. The number of non-ortho nitro benzene ring substituents is 1. The van der Waals surface area contributed by atoms with Crippen LogP contribution < -0.4 is 4.90 Å². The van der Waals surface area contributed by atoms with Crippen LogP contribution in [-0.2, 0) is 9.53 Å². The Bertz CT molecular complexity index is 932. The molecule has 1 aromatic rings. The van der Waals surface area contributed by atoms with Gasteiger partial charge in [-0.25, -0.2) is 14.8 Å². The predicted molar refractivity (Wildman–Crippen MR) is 100 cm³/mol. The van der Waals surface area contributed by atoms with Crippen LogP contribution in [0.15, 0.2) is 33.1 Å². The lowest BCUT2D eigenvalue weighted by molar-refractivity contribution is -0.385. The molecule has 29 heavy (non-hydrogen) atoms. The van der Waals surface area contributed by atoms with E-state index >= 15 is 0 Å². The molecule has 0 fully saturated rings. The number of fused-ring (bicyclic) bond motifs is 3. The van der Waals surface area contributed by atoms with Crippen LogP contribution in [0.4, 0.5) is 24.5 Å². The smallest absolute Gasteiger partial charge is 0.446 e. The Kier molecular flexibility index (Phi) is 5.19. The zero-order valence-electron chi connectivity index (χ0n) is 15.6. The number of ether oxygens (including phenoxy) is 1. The minimum absolute atomic E-state index is 0.136. The highest BCUT2D eigenvalue weighted by molar-refractivity contribution is 8.15. The van der Waals surface area contributed by atoms with Crippen molar-refractivity contribution in [2.45, 2.75) is 30.6 Å². The topological polar surface area (TPSA) is 101 Å². The minimum Gasteiger partial charge on any atom is -0.465 e. The lowest BCUT2D eigenvalue weighted by atomic mass is 10.1. The van der Waals surface area contributed by atoms with Gasteiger partial charge in [-0.1, -0.05) is 0 Å². The third kappa shape index (κ3) is 3.18. The average Bonchev–Trinajstić information content (AvgIpc) is 3.04. The molecule has 0 aromatic heterocycles. The van der Waals surface area contributed by atoms with Gasteiger partial charge in [-0.2, -0.15) is 13.2 Å². The first-order chi connectivity index (χ1) is 13.6. The largest absolute Gasteiger partial charge is 0.465 e. The lowest BCUT2D eigenvalue weighted by Gasteiger charge is -2.37. The highest BCUT2D eigenvalue weighted by Crippen LogP contribution is 2.48. The fourth-order valence-corrected chi connectivity index (χ4v) is 4.04. The van der Waals surface area contributed by atoms with E-state index in [1.807, 2.05) is 0 Å². The number of benzene rings is 1. The number of nitro benzene ring substituents is 1. The number of aliphatic imine (C=N–C) groups is 2. The number of anilines is 1. The van der Waals surface area contributed by atoms with E-state index in [0.29, 0.717) is 23.7 Å². The van der Waals surface area contributed by atoms with Crippen molar-refractivity contribution in [2.75, 3.05) is 25.1 Å². The number of guanidine groups is 1. The maximum atomic E-state index is 14.0. The number of methoxy groups -OCH3 is 1. The van der Waals surface area contributed by atoms with E-state index in [1.54, 1.807) is 13.8 Å². The molecule has 0 radical (unpaired) electrons. The second kappa shape index (κ2) is 7.21. The van der Waals surface area contributed by atoms with E-state index < -0.39 is 22.7 Å². The number of nitro groups is 1. The van der Waals surface area contributed by atoms with Crippen LogP contribution in [-0.4, -0.2) is 59.0 Å². The molecule has 0 unspecified atom stereocenters. The maximum absolute atomic E-state index is 14.0. The van der Waals surface area contributed by atoms with Crippen LogP contribution in [0.5, 0.6) is 0 Å². The van der Waals surface area contributed by atoms with Crippen molar-refractivity contribution in [1.29, 1.82) is 0 Å². The molecule has 9 nitrogen and oxygen atoms in total. The third-order valence-electron chi connectivity index (χ3n) is 4.42. The van der Waals surface area contributed by atoms with Crippen molar-refractivity contribution in [3.63, 3.8) is 0 Å². The van der Waals surface area contributed by atoms with Crippen LogP contribution in [0.1, 0.15) is 13.8 Å². The SMILES string of the molecule is CCN(CC)C1=N[C@@](C(=O)OC)(C(F)(F)F)N=C2Sc3cc([N+](=O)[O-])ccc3N21. The summed E-state index contributed by atoms with van der Waals surface area (Å²) in [6.45, 7) is 4.07. The van der Waals surface area contributed by atoms with Crippen molar-refractivity contribution in [3.8, 4) is 0 Å². The summed E-state index contributed by atoms with van der Waals surface area (Å²) in [6.07, 6.45) is -5.15. The number of amidine groups is 1. The Morgan fingerprint density at radius 2 is 2.00 bits per heavy atom. The molecule has 0 saturated carbocycles. The van der Waals surface area contributed by atoms with Gasteiger partial charge in [0, 0.05) is 30.1 Å². The standard InChI is InChI=1S/C16H16F3N5O4S/c1-4-22(5-2)13-20-15(12(25)28-3,16(17,18)19)21-14-23(13)10-7-6-9(24(26)27)8-11(10)29-14/h6-8H,4-5H2,1-3H3/t15-/m1/s1. The van der Waals surface area contributed by atoms with Crippen molar-refractivity contribution in [1.82, 2.24) is 4.90 Å². The summed E-state index contributed by atoms with van der Waals surface area (Å²) in [7, 11) is 0.828. The monoisotopic (exact) mass is 431 g/mol. The number of hydrogen-bond acceptors (Lipinski definition) is 9. The van der Waals surface area contributed by atoms with Gasteiger partial charge >= 0.3 is 17.8 Å². The Labute approximate surface area is 167 Å². The highest BCUT2D eigenvalue weighted by Gasteiger charge is 2.66. The van der Waals surface area contributed by atoms with Gasteiger partial charge in [0.2, 0.25) is 5.96 Å². The fraction of sp³-hybridized carbons (Fsp3) is 0.438. The first kappa shape index (κ1) is 20.9. The average molecular weight is 431 g/mol. The van der Waals surface area contributed by atoms with E-state index in [4.69, 9.17) is 0 Å². The molecule has 13 heteroatoms. The number of nitrogens with zero attached hydrogens (tertiary/aromatic N) is 5. The Hall–Kier alpha value is -2.83. The van der Waals surface area contributed by atoms with Gasteiger partial charge in [-0.3, -0.25) is 15.0 Å². The maximum Gasteiger partial charge on any atom is 0.446 e. The molecular weight excluding hydrogens is 415 g/mol. The summed E-state index contributed by atoms with van der Waals surface area (Å²) < 4.78 is 46.3. The highest BCUT2D eigenvalue weighted by atomic mass is 32.2. The summed E-state index contributed by atoms with van der Waals surface area (Å²) in [5.41, 5.74) is -3.27. The van der Waals surface area contributed by atoms with Gasteiger partial charge in [-0.05, 0) is 31.7 Å². The second-order valence-electron chi connectivity index (χ2n) is 5.99. The van der Waals surface area contributed by atoms with Gasteiger partial charge < -0.3 is 9.64 Å². The molecule has 0 aliphatic carbocycles. The van der Waals surface area contributed by atoms with Crippen LogP contribution in [0.2, 0.25) is 0 Å². The number of esters is 1. The van der Waals surface area contributed by atoms with Gasteiger partial charge in [0.05, 0.1) is 17.7 Å². The van der Waals surface area contributed by atoms with E-state index in [9.17, 15) is 28.1 Å². The molecule has 0 N–H and O–H groups in total. The summed E-state index contributed by atoms with van der Waals surface area (Å²) in [5.74, 6) is -1.80. The number of hydrogen-bond donors (Lipinski definition) is 0. The molecule has 3 rings (SSSR count). The third-order valence-corrected chi connectivity index (χ3v) is 5.42. The molecule has 1 aromatic carbocycles. The van der Waals surface area contributed by atoms with Crippen molar-refractivity contribution in [2.24, 2.45) is 9.98 Å². The molecule has 156 valence electrons. The fourth-order valence-electron chi connectivity index (χ4n) is 2.95. The molecular formula is C16H16F3N5O4S. The van der Waals surface area contributed by atoms with Crippen LogP contribution in [0.3, 0.4) is 0 Å². The molecule has 2 aliphatic heterocycles. The van der Waals surface area contributed by atoms with Gasteiger partial charge in [0.25, 0.3) is 5.69 Å². The van der Waals surface area contributed by atoms with Crippen molar-refractivity contribution >= 4 is 40.2 Å². The number of thioether (sulfide) groups is 1. The van der Waals surface area contributed by atoms with Gasteiger partial charge in [0.1, 0.15) is 0 Å². The lowest BCUT2D eigenvalue weighted by Crippen LogP contribution is -2.58. The Morgan fingerprint density at radius 1 is 1.34 bits per heavy atom. The van der Waals surface area contributed by atoms with E-state index in [1.165, 1.54) is 28.0 Å². The van der Waals surface area contributed by atoms with E-state index in [-0.39, 0.29) is 16.8 Å².